The summed E-state index contributed by atoms with van der Waals surface area (Å²) in [6.07, 6.45) is 5.65. The molecular formula is C13H20N4. The molecule has 4 heteroatoms. The van der Waals surface area contributed by atoms with Crippen molar-refractivity contribution in [1.29, 1.82) is 5.26 Å². The Labute approximate surface area is 102 Å². The van der Waals surface area contributed by atoms with E-state index in [1.54, 1.807) is 0 Å². The maximum absolute atomic E-state index is 9.46. The molecule has 0 aromatic heterocycles. The van der Waals surface area contributed by atoms with Crippen molar-refractivity contribution in [1.82, 2.24) is 10.3 Å². The number of hydrogen-bond donors (Lipinski definition) is 2. The number of rotatable bonds is 2. The van der Waals surface area contributed by atoms with Crippen molar-refractivity contribution in [2.75, 3.05) is 0 Å². The Hall–Kier alpha value is -0.890. The SMILES string of the molecule is CC(C)N1C2CC3C=CC2C(NN)C1[C@@H]3C#N. The molecule has 2 heterocycles. The molecule has 0 radical (unpaired) electrons. The quantitative estimate of drug-likeness (QED) is 0.416. The highest BCUT2D eigenvalue weighted by Gasteiger charge is 2.58. The van der Waals surface area contributed by atoms with Gasteiger partial charge in [-0.15, -0.1) is 0 Å². The first kappa shape index (κ1) is 11.2. The topological polar surface area (TPSA) is 65.1 Å². The zero-order valence-corrected chi connectivity index (χ0v) is 10.4. The number of allylic oxidation sites excluding steroid dienone is 1. The summed E-state index contributed by atoms with van der Waals surface area (Å²) in [5.74, 6) is 6.72. The maximum atomic E-state index is 9.46. The Morgan fingerprint density at radius 3 is 2.82 bits per heavy atom. The molecule has 0 amide bonds. The standard InChI is InChI=1S/C13H20N4/c1-7(2)17-11-5-8-3-4-9(11)12(16-15)13(17)10(8)6-14/h3-4,7-13,16H,5,15H2,1-2H3/t8?,9?,10-,11?,12?,13?/m1/s1. The predicted molar refractivity (Wildman–Crippen MR) is 65.5 cm³/mol. The zero-order chi connectivity index (χ0) is 12.2. The van der Waals surface area contributed by atoms with E-state index >= 15 is 0 Å². The van der Waals surface area contributed by atoms with Gasteiger partial charge < -0.3 is 0 Å². The van der Waals surface area contributed by atoms with Crippen molar-refractivity contribution in [3.63, 3.8) is 0 Å². The van der Waals surface area contributed by atoms with Crippen LogP contribution < -0.4 is 11.3 Å². The molecule has 0 aromatic carbocycles. The number of nitrogens with zero attached hydrogens (tertiary/aromatic N) is 2. The van der Waals surface area contributed by atoms with E-state index in [1.807, 2.05) is 0 Å². The van der Waals surface area contributed by atoms with Crippen molar-refractivity contribution in [2.24, 2.45) is 23.6 Å². The Morgan fingerprint density at radius 2 is 2.24 bits per heavy atom. The van der Waals surface area contributed by atoms with Crippen LogP contribution in [0.4, 0.5) is 0 Å². The van der Waals surface area contributed by atoms with Crippen LogP contribution in [-0.4, -0.2) is 29.1 Å². The lowest BCUT2D eigenvalue weighted by molar-refractivity contribution is 0.0458. The number of nitriles is 1. The summed E-state index contributed by atoms with van der Waals surface area (Å²) < 4.78 is 0. The second-order valence-electron chi connectivity index (χ2n) is 5.81. The van der Waals surface area contributed by atoms with Crippen molar-refractivity contribution in [3.8, 4) is 6.07 Å². The van der Waals surface area contributed by atoms with Gasteiger partial charge in [-0.1, -0.05) is 12.2 Å². The largest absolute Gasteiger partial charge is 0.291 e. The summed E-state index contributed by atoms with van der Waals surface area (Å²) in [6.45, 7) is 4.44. The van der Waals surface area contributed by atoms with Gasteiger partial charge in [-0.25, -0.2) is 0 Å². The molecule has 1 aliphatic carbocycles. The Balaban J connectivity index is 2.05. The van der Waals surface area contributed by atoms with Crippen molar-refractivity contribution in [2.45, 2.75) is 44.4 Å². The fourth-order valence-corrected chi connectivity index (χ4v) is 4.26. The normalized spacial score (nSPS) is 47.7. The fraction of sp³-hybridized carbons (Fsp3) is 0.769. The van der Waals surface area contributed by atoms with E-state index in [1.165, 1.54) is 0 Å². The van der Waals surface area contributed by atoms with Crippen LogP contribution in [0, 0.1) is 29.1 Å². The van der Waals surface area contributed by atoms with Gasteiger partial charge in [0, 0.05) is 30.1 Å². The Morgan fingerprint density at radius 1 is 1.47 bits per heavy atom. The van der Waals surface area contributed by atoms with E-state index in [2.05, 4.69) is 42.4 Å². The van der Waals surface area contributed by atoms with Gasteiger partial charge in [-0.3, -0.25) is 16.2 Å². The summed E-state index contributed by atoms with van der Waals surface area (Å²) in [7, 11) is 0. The highest BCUT2D eigenvalue weighted by atomic mass is 15.4. The molecule has 4 nitrogen and oxygen atoms in total. The molecule has 5 unspecified atom stereocenters. The molecule has 17 heavy (non-hydrogen) atoms. The van der Waals surface area contributed by atoms with Crippen molar-refractivity contribution < 1.29 is 0 Å². The second kappa shape index (κ2) is 3.81. The third-order valence-corrected chi connectivity index (χ3v) is 4.82. The molecule has 0 spiro atoms. The lowest BCUT2D eigenvalue weighted by Gasteiger charge is -2.45. The average molecular weight is 232 g/mol. The van der Waals surface area contributed by atoms with Crippen molar-refractivity contribution in [3.05, 3.63) is 12.2 Å². The zero-order valence-electron chi connectivity index (χ0n) is 10.4. The first-order valence-electron chi connectivity index (χ1n) is 6.50. The van der Waals surface area contributed by atoms with E-state index in [-0.39, 0.29) is 18.0 Å². The van der Waals surface area contributed by atoms with E-state index < -0.39 is 0 Å². The molecule has 6 atom stereocenters. The molecule has 0 saturated carbocycles. The van der Waals surface area contributed by atoms with Crippen LogP contribution in [0.1, 0.15) is 20.3 Å². The molecule has 3 rings (SSSR count). The Kier molecular flexibility index (Phi) is 2.51. The van der Waals surface area contributed by atoms with Gasteiger partial charge in [0.2, 0.25) is 0 Å². The van der Waals surface area contributed by atoms with Crippen LogP contribution in [0.25, 0.3) is 0 Å². The molecule has 2 aliphatic heterocycles. The number of nitrogens with two attached hydrogens (primary N) is 1. The van der Waals surface area contributed by atoms with Crippen LogP contribution in [0.15, 0.2) is 12.2 Å². The Bertz CT molecular complexity index is 383. The van der Waals surface area contributed by atoms with Gasteiger partial charge in [-0.05, 0) is 26.2 Å². The van der Waals surface area contributed by atoms with Gasteiger partial charge >= 0.3 is 0 Å². The summed E-state index contributed by atoms with van der Waals surface area (Å²) in [5, 5.41) is 9.46. The lowest BCUT2D eigenvalue weighted by atomic mass is 9.77. The third kappa shape index (κ3) is 1.33. The molecular weight excluding hydrogens is 212 g/mol. The molecule has 3 N–H and O–H groups in total. The van der Waals surface area contributed by atoms with Crippen LogP contribution in [0.5, 0.6) is 0 Å². The lowest BCUT2D eigenvalue weighted by Crippen LogP contribution is -2.56. The maximum Gasteiger partial charge on any atom is 0.0698 e. The molecule has 92 valence electrons. The van der Waals surface area contributed by atoms with E-state index in [0.717, 1.165) is 6.42 Å². The summed E-state index contributed by atoms with van der Waals surface area (Å²) in [5.41, 5.74) is 2.97. The summed E-state index contributed by atoms with van der Waals surface area (Å²) >= 11 is 0. The average Bonchev–Trinajstić information content (AvgIpc) is 2.48. The molecule has 3 bridgehead atoms. The molecule has 3 aliphatic rings. The van der Waals surface area contributed by atoms with Crippen molar-refractivity contribution >= 4 is 0 Å². The monoisotopic (exact) mass is 232 g/mol. The van der Waals surface area contributed by atoms with Crippen LogP contribution in [0.2, 0.25) is 0 Å². The van der Waals surface area contributed by atoms with Gasteiger partial charge in [0.25, 0.3) is 0 Å². The van der Waals surface area contributed by atoms with Crippen LogP contribution in [-0.2, 0) is 0 Å². The minimum Gasteiger partial charge on any atom is -0.291 e. The number of piperidine rings is 1. The fourth-order valence-electron chi connectivity index (χ4n) is 4.26. The summed E-state index contributed by atoms with van der Waals surface area (Å²) in [6, 6.07) is 4.07. The molecule has 2 fully saturated rings. The van der Waals surface area contributed by atoms with Gasteiger partial charge in [0.05, 0.1) is 12.0 Å². The van der Waals surface area contributed by atoms with Crippen LogP contribution >= 0.6 is 0 Å². The second-order valence-corrected chi connectivity index (χ2v) is 5.81. The number of hydrogen-bond acceptors (Lipinski definition) is 4. The third-order valence-electron chi connectivity index (χ3n) is 4.82. The predicted octanol–water partition coefficient (Wildman–Crippen LogP) is 0.625. The van der Waals surface area contributed by atoms with E-state index in [0.29, 0.717) is 23.9 Å². The first-order chi connectivity index (χ1) is 8.19. The van der Waals surface area contributed by atoms with Gasteiger partial charge in [0.1, 0.15) is 0 Å². The number of nitrogens with one attached hydrogen (secondary N) is 1. The number of fused-ring (bicyclic) bond motifs is 2. The number of hydrazine groups is 1. The smallest absolute Gasteiger partial charge is 0.0698 e. The van der Waals surface area contributed by atoms with E-state index in [4.69, 9.17) is 5.84 Å². The highest BCUT2D eigenvalue weighted by molar-refractivity contribution is 5.26. The van der Waals surface area contributed by atoms with Crippen LogP contribution in [0.3, 0.4) is 0 Å². The molecule has 2 saturated heterocycles. The van der Waals surface area contributed by atoms with E-state index in [9.17, 15) is 5.26 Å². The highest BCUT2D eigenvalue weighted by Crippen LogP contribution is 2.50. The minimum atomic E-state index is 0.0819. The molecule has 0 aromatic rings. The minimum absolute atomic E-state index is 0.0819. The summed E-state index contributed by atoms with van der Waals surface area (Å²) in [4.78, 5) is 2.52. The first-order valence-corrected chi connectivity index (χ1v) is 6.50. The van der Waals surface area contributed by atoms with Gasteiger partial charge in [-0.2, -0.15) is 5.26 Å². The van der Waals surface area contributed by atoms with Gasteiger partial charge in [0.15, 0.2) is 0 Å².